The third-order valence-corrected chi connectivity index (χ3v) is 3.32. The lowest BCUT2D eigenvalue weighted by atomic mass is 10.1. The molecule has 0 aliphatic rings. The van der Waals surface area contributed by atoms with Gasteiger partial charge in [-0.1, -0.05) is 35.9 Å². The Bertz CT molecular complexity index is 761. The van der Waals surface area contributed by atoms with E-state index in [1.165, 1.54) is 6.08 Å². The molecule has 1 N–H and O–H groups in total. The smallest absolute Gasteiger partial charge is 0.266 e. The molecule has 23 heavy (non-hydrogen) atoms. The topological polar surface area (TPSA) is 62.1 Å². The van der Waals surface area contributed by atoms with E-state index in [1.807, 2.05) is 13.0 Å². The summed E-state index contributed by atoms with van der Waals surface area (Å²) in [7, 11) is 0. The van der Waals surface area contributed by atoms with Crippen LogP contribution in [0.4, 0.5) is 5.69 Å². The number of para-hydroxylation sites is 1. The summed E-state index contributed by atoms with van der Waals surface area (Å²) in [6.07, 6.45) is 1.52. The van der Waals surface area contributed by atoms with Gasteiger partial charge < -0.3 is 10.1 Å². The Labute approximate surface area is 140 Å². The first-order valence-electron chi connectivity index (χ1n) is 7.04. The zero-order chi connectivity index (χ0) is 16.7. The van der Waals surface area contributed by atoms with Crippen LogP contribution in [0.2, 0.25) is 5.02 Å². The van der Waals surface area contributed by atoms with E-state index in [2.05, 4.69) is 5.32 Å². The highest BCUT2D eigenvalue weighted by Crippen LogP contribution is 2.21. The number of rotatable bonds is 5. The Morgan fingerprint density at radius 1 is 1.26 bits per heavy atom. The molecule has 0 aliphatic carbocycles. The van der Waals surface area contributed by atoms with Gasteiger partial charge >= 0.3 is 0 Å². The van der Waals surface area contributed by atoms with Crippen LogP contribution in [-0.4, -0.2) is 12.5 Å². The first-order chi connectivity index (χ1) is 11.1. The highest BCUT2D eigenvalue weighted by atomic mass is 35.5. The fourth-order valence-electron chi connectivity index (χ4n) is 1.89. The van der Waals surface area contributed by atoms with Gasteiger partial charge in [0.2, 0.25) is 0 Å². The summed E-state index contributed by atoms with van der Waals surface area (Å²) in [5.41, 5.74) is 1.19. The zero-order valence-corrected chi connectivity index (χ0v) is 13.3. The zero-order valence-electron chi connectivity index (χ0n) is 12.5. The van der Waals surface area contributed by atoms with Gasteiger partial charge in [0.25, 0.3) is 5.91 Å². The van der Waals surface area contributed by atoms with Crippen molar-refractivity contribution in [2.75, 3.05) is 11.9 Å². The van der Waals surface area contributed by atoms with Gasteiger partial charge in [0.15, 0.2) is 0 Å². The Balaban J connectivity index is 2.16. The summed E-state index contributed by atoms with van der Waals surface area (Å²) in [4.78, 5) is 12.2. The molecule has 0 fully saturated rings. The molecule has 0 radical (unpaired) electrons. The van der Waals surface area contributed by atoms with Gasteiger partial charge in [0, 0.05) is 0 Å². The molecule has 0 unspecified atom stereocenters. The second kappa shape index (κ2) is 8.02. The lowest BCUT2D eigenvalue weighted by Crippen LogP contribution is -2.13. The van der Waals surface area contributed by atoms with Crippen molar-refractivity contribution in [2.24, 2.45) is 0 Å². The molecule has 1 amide bonds. The van der Waals surface area contributed by atoms with Crippen molar-refractivity contribution in [3.63, 3.8) is 0 Å². The van der Waals surface area contributed by atoms with Crippen molar-refractivity contribution < 1.29 is 9.53 Å². The minimum Gasteiger partial charge on any atom is -0.494 e. The van der Waals surface area contributed by atoms with Crippen molar-refractivity contribution in [1.29, 1.82) is 5.26 Å². The predicted octanol–water partition coefficient (Wildman–Crippen LogP) is 4.28. The molecule has 5 heteroatoms. The van der Waals surface area contributed by atoms with Gasteiger partial charge in [-0.2, -0.15) is 5.26 Å². The molecular weight excluding hydrogens is 312 g/mol. The molecule has 4 nitrogen and oxygen atoms in total. The number of nitriles is 1. The summed E-state index contributed by atoms with van der Waals surface area (Å²) >= 11 is 5.99. The van der Waals surface area contributed by atoms with Crippen LogP contribution >= 0.6 is 11.6 Å². The number of hydrogen-bond donors (Lipinski definition) is 1. The lowest BCUT2D eigenvalue weighted by Gasteiger charge is -2.06. The first kappa shape index (κ1) is 16.6. The number of carbonyl (C=O) groups excluding carboxylic acids is 1. The number of nitrogens with one attached hydrogen (secondary N) is 1. The van der Waals surface area contributed by atoms with Crippen molar-refractivity contribution in [2.45, 2.75) is 6.92 Å². The van der Waals surface area contributed by atoms with E-state index in [1.54, 1.807) is 48.5 Å². The number of nitrogens with zero attached hydrogens (tertiary/aromatic N) is 1. The van der Waals surface area contributed by atoms with Crippen molar-refractivity contribution >= 4 is 29.3 Å². The molecule has 0 heterocycles. The molecule has 0 aromatic heterocycles. The molecule has 0 saturated carbocycles. The normalized spacial score (nSPS) is 10.7. The monoisotopic (exact) mass is 326 g/mol. The van der Waals surface area contributed by atoms with Crippen LogP contribution in [0.1, 0.15) is 12.5 Å². The van der Waals surface area contributed by atoms with Crippen LogP contribution < -0.4 is 10.1 Å². The lowest BCUT2D eigenvalue weighted by molar-refractivity contribution is -0.112. The minimum absolute atomic E-state index is 0.00548. The summed E-state index contributed by atoms with van der Waals surface area (Å²) in [5.74, 6) is 0.234. The van der Waals surface area contributed by atoms with Crippen LogP contribution in [0, 0.1) is 11.3 Å². The Morgan fingerprint density at radius 3 is 2.57 bits per heavy atom. The molecule has 0 atom stereocenters. The average Bonchev–Trinajstić information content (AvgIpc) is 2.56. The van der Waals surface area contributed by atoms with Gasteiger partial charge in [-0.25, -0.2) is 0 Å². The molecule has 0 spiro atoms. The van der Waals surface area contributed by atoms with Gasteiger partial charge in [0.05, 0.1) is 17.3 Å². The van der Waals surface area contributed by atoms with E-state index >= 15 is 0 Å². The van der Waals surface area contributed by atoms with Gasteiger partial charge in [0.1, 0.15) is 17.4 Å². The fraction of sp³-hybridized carbons (Fsp3) is 0.111. The molecule has 2 aromatic carbocycles. The van der Waals surface area contributed by atoms with Crippen LogP contribution in [0.5, 0.6) is 5.75 Å². The van der Waals surface area contributed by atoms with E-state index in [4.69, 9.17) is 16.3 Å². The van der Waals surface area contributed by atoms with Crippen LogP contribution in [0.3, 0.4) is 0 Å². The van der Waals surface area contributed by atoms with Crippen molar-refractivity contribution in [1.82, 2.24) is 0 Å². The number of amides is 1. The largest absolute Gasteiger partial charge is 0.494 e. The number of ether oxygens (including phenoxy) is 1. The summed E-state index contributed by atoms with van der Waals surface area (Å²) in [6.45, 7) is 2.49. The number of anilines is 1. The maximum absolute atomic E-state index is 12.2. The molecule has 0 aliphatic heterocycles. The Morgan fingerprint density at radius 2 is 1.96 bits per heavy atom. The van der Waals surface area contributed by atoms with Crippen LogP contribution in [-0.2, 0) is 4.79 Å². The number of carbonyl (C=O) groups is 1. The van der Waals surface area contributed by atoms with Crippen molar-refractivity contribution in [3.8, 4) is 11.8 Å². The van der Waals surface area contributed by atoms with Crippen LogP contribution in [0.15, 0.2) is 54.1 Å². The third-order valence-electron chi connectivity index (χ3n) is 2.99. The number of benzene rings is 2. The maximum Gasteiger partial charge on any atom is 0.266 e. The van der Waals surface area contributed by atoms with Gasteiger partial charge in [-0.15, -0.1) is 0 Å². The molecule has 2 rings (SSSR count). The van der Waals surface area contributed by atoms with Gasteiger partial charge in [-0.05, 0) is 42.8 Å². The number of hydrogen-bond acceptors (Lipinski definition) is 3. The standard InChI is InChI=1S/C18H15ClN2O2/c1-2-23-15-9-7-13(8-10-15)11-14(12-20)18(22)21-17-6-4-3-5-16(17)19/h3-11H,2H2,1H3,(H,21,22)/b14-11+. The second-order valence-corrected chi connectivity index (χ2v) is 5.01. The highest BCUT2D eigenvalue weighted by Gasteiger charge is 2.11. The number of halogens is 1. The second-order valence-electron chi connectivity index (χ2n) is 4.61. The van der Waals surface area contributed by atoms with Crippen molar-refractivity contribution in [3.05, 3.63) is 64.7 Å². The maximum atomic E-state index is 12.2. The fourth-order valence-corrected chi connectivity index (χ4v) is 2.08. The summed E-state index contributed by atoms with van der Waals surface area (Å²) < 4.78 is 5.35. The predicted molar refractivity (Wildman–Crippen MR) is 91.3 cm³/mol. The molecule has 2 aromatic rings. The van der Waals surface area contributed by atoms with E-state index in [9.17, 15) is 10.1 Å². The first-order valence-corrected chi connectivity index (χ1v) is 7.42. The summed E-state index contributed by atoms with van der Waals surface area (Å²) in [6, 6.07) is 15.9. The SMILES string of the molecule is CCOc1ccc(/C=C(\C#N)C(=O)Nc2ccccc2Cl)cc1. The summed E-state index contributed by atoms with van der Waals surface area (Å²) in [5, 5.41) is 12.2. The molecule has 0 bridgehead atoms. The van der Waals surface area contributed by atoms with E-state index in [-0.39, 0.29) is 5.57 Å². The Kier molecular flexibility index (Phi) is 5.79. The minimum atomic E-state index is -0.505. The molecular formula is C18H15ClN2O2. The Hall–Kier alpha value is -2.77. The molecule has 0 saturated heterocycles. The average molecular weight is 327 g/mol. The van der Waals surface area contributed by atoms with Crippen LogP contribution in [0.25, 0.3) is 6.08 Å². The van der Waals surface area contributed by atoms with E-state index in [0.29, 0.717) is 17.3 Å². The van der Waals surface area contributed by atoms with E-state index < -0.39 is 5.91 Å². The van der Waals surface area contributed by atoms with Gasteiger partial charge in [-0.3, -0.25) is 4.79 Å². The molecule has 116 valence electrons. The quantitative estimate of drug-likeness (QED) is 0.658. The third kappa shape index (κ3) is 4.60. The van der Waals surface area contributed by atoms with E-state index in [0.717, 1.165) is 11.3 Å². The highest BCUT2D eigenvalue weighted by molar-refractivity contribution is 6.34.